The molecule has 0 spiro atoms. The lowest BCUT2D eigenvalue weighted by Crippen LogP contribution is -2.38. The zero-order valence-corrected chi connectivity index (χ0v) is 11.2. The van der Waals surface area contributed by atoms with Crippen molar-refractivity contribution < 1.29 is 24.1 Å². The van der Waals surface area contributed by atoms with Crippen LogP contribution in [-0.2, 0) is 19.0 Å². The number of hydrogen-bond acceptors (Lipinski definition) is 5. The number of aliphatic hydroxyl groups excluding tert-OH is 1. The van der Waals surface area contributed by atoms with E-state index in [1.54, 1.807) is 13.8 Å². The zero-order chi connectivity index (χ0) is 14.0. The Labute approximate surface area is 112 Å². The summed E-state index contributed by atoms with van der Waals surface area (Å²) in [5, 5.41) is 10.0. The van der Waals surface area contributed by atoms with Gasteiger partial charge < -0.3 is 19.3 Å². The average molecular weight is 266 g/mol. The number of carbonyl (C=O) groups is 1. The van der Waals surface area contributed by atoms with Crippen LogP contribution >= 0.6 is 0 Å². The predicted molar refractivity (Wildman–Crippen MR) is 67.2 cm³/mol. The SMILES string of the molecule is COC(=O)[C@@H](O)[C@@H]1OC(C)(C)O[C@H]1c1ccccc1. The maximum atomic E-state index is 11.5. The smallest absolute Gasteiger partial charge is 0.337 e. The van der Waals surface area contributed by atoms with Gasteiger partial charge in [0.25, 0.3) is 0 Å². The van der Waals surface area contributed by atoms with Gasteiger partial charge >= 0.3 is 5.97 Å². The van der Waals surface area contributed by atoms with E-state index in [-0.39, 0.29) is 0 Å². The molecule has 1 aromatic rings. The first-order valence-corrected chi connectivity index (χ1v) is 6.11. The lowest BCUT2D eigenvalue weighted by atomic mass is 10.0. The van der Waals surface area contributed by atoms with Gasteiger partial charge in [0.2, 0.25) is 0 Å². The van der Waals surface area contributed by atoms with Gasteiger partial charge in [0, 0.05) is 0 Å². The second kappa shape index (κ2) is 5.28. The van der Waals surface area contributed by atoms with Crippen molar-refractivity contribution in [1.82, 2.24) is 0 Å². The number of hydrogen-bond donors (Lipinski definition) is 1. The Morgan fingerprint density at radius 2 is 1.95 bits per heavy atom. The van der Waals surface area contributed by atoms with E-state index in [1.807, 2.05) is 30.3 Å². The molecule has 1 N–H and O–H groups in total. The summed E-state index contributed by atoms with van der Waals surface area (Å²) in [4.78, 5) is 11.5. The zero-order valence-electron chi connectivity index (χ0n) is 11.2. The lowest BCUT2D eigenvalue weighted by Gasteiger charge is -2.20. The van der Waals surface area contributed by atoms with Crippen LogP contribution in [0.25, 0.3) is 0 Å². The third-order valence-electron chi connectivity index (χ3n) is 3.01. The molecule has 0 amide bonds. The van der Waals surface area contributed by atoms with Gasteiger partial charge in [-0.2, -0.15) is 0 Å². The van der Waals surface area contributed by atoms with Gasteiger partial charge in [-0.3, -0.25) is 0 Å². The largest absolute Gasteiger partial charge is 0.467 e. The van der Waals surface area contributed by atoms with E-state index >= 15 is 0 Å². The normalized spacial score (nSPS) is 26.9. The highest BCUT2D eigenvalue weighted by Crippen LogP contribution is 2.39. The number of methoxy groups -OCH3 is 1. The fraction of sp³-hybridized carbons (Fsp3) is 0.500. The van der Waals surface area contributed by atoms with Crippen molar-refractivity contribution in [1.29, 1.82) is 0 Å². The second-order valence-electron chi connectivity index (χ2n) is 4.90. The van der Waals surface area contributed by atoms with Crippen LogP contribution in [0.4, 0.5) is 0 Å². The van der Waals surface area contributed by atoms with Crippen LogP contribution in [0, 0.1) is 0 Å². The van der Waals surface area contributed by atoms with Crippen LogP contribution in [-0.4, -0.2) is 36.2 Å². The fourth-order valence-corrected chi connectivity index (χ4v) is 2.18. The van der Waals surface area contributed by atoms with Gasteiger partial charge in [-0.15, -0.1) is 0 Å². The van der Waals surface area contributed by atoms with Crippen LogP contribution in [0.5, 0.6) is 0 Å². The molecule has 0 aromatic heterocycles. The van der Waals surface area contributed by atoms with Crippen LogP contribution in [0.2, 0.25) is 0 Å². The Kier molecular flexibility index (Phi) is 3.89. The van der Waals surface area contributed by atoms with E-state index in [4.69, 9.17) is 9.47 Å². The third-order valence-corrected chi connectivity index (χ3v) is 3.01. The van der Waals surface area contributed by atoms with Crippen molar-refractivity contribution >= 4 is 5.97 Å². The number of aliphatic hydroxyl groups is 1. The predicted octanol–water partition coefficient (Wildman–Crippen LogP) is 1.41. The molecule has 5 nitrogen and oxygen atoms in total. The first-order valence-electron chi connectivity index (χ1n) is 6.11. The standard InChI is InChI=1S/C14H18O5/c1-14(2)18-11(9-7-5-4-6-8-9)12(19-14)10(15)13(16)17-3/h4-8,10-12,15H,1-3H3/t10-,11-,12-/m0/s1. The Balaban J connectivity index is 2.27. The molecule has 1 aromatic carbocycles. The fourth-order valence-electron chi connectivity index (χ4n) is 2.18. The highest BCUT2D eigenvalue weighted by atomic mass is 16.8. The van der Waals surface area contributed by atoms with Crippen molar-refractivity contribution in [2.45, 2.75) is 37.9 Å². The van der Waals surface area contributed by atoms with Crippen molar-refractivity contribution in [3.8, 4) is 0 Å². The van der Waals surface area contributed by atoms with Crippen molar-refractivity contribution in [3.63, 3.8) is 0 Å². The average Bonchev–Trinajstić information content (AvgIpc) is 2.74. The summed E-state index contributed by atoms with van der Waals surface area (Å²) in [7, 11) is 1.23. The molecule has 1 aliphatic heterocycles. The Morgan fingerprint density at radius 1 is 1.32 bits per heavy atom. The molecular weight excluding hydrogens is 248 g/mol. The molecule has 5 heteroatoms. The molecule has 0 aliphatic carbocycles. The molecule has 0 unspecified atom stereocenters. The van der Waals surface area contributed by atoms with Crippen molar-refractivity contribution in [2.24, 2.45) is 0 Å². The third kappa shape index (κ3) is 2.94. The van der Waals surface area contributed by atoms with E-state index in [0.717, 1.165) is 5.56 Å². The number of esters is 1. The number of ether oxygens (including phenoxy) is 3. The molecule has 19 heavy (non-hydrogen) atoms. The molecule has 3 atom stereocenters. The molecular formula is C14H18O5. The van der Waals surface area contributed by atoms with E-state index < -0.39 is 30.1 Å². The van der Waals surface area contributed by atoms with E-state index in [0.29, 0.717) is 0 Å². The summed E-state index contributed by atoms with van der Waals surface area (Å²) in [5.41, 5.74) is 0.848. The number of benzene rings is 1. The Morgan fingerprint density at radius 3 is 2.53 bits per heavy atom. The summed E-state index contributed by atoms with van der Waals surface area (Å²) in [6.07, 6.45) is -2.67. The van der Waals surface area contributed by atoms with E-state index in [1.165, 1.54) is 7.11 Å². The molecule has 1 heterocycles. The van der Waals surface area contributed by atoms with Gasteiger partial charge in [0.15, 0.2) is 11.9 Å². The highest BCUT2D eigenvalue weighted by molar-refractivity contribution is 5.75. The summed E-state index contributed by atoms with van der Waals surface area (Å²) < 4.78 is 16.0. The Hall–Kier alpha value is -1.43. The van der Waals surface area contributed by atoms with E-state index in [9.17, 15) is 9.90 Å². The topological polar surface area (TPSA) is 65.0 Å². The Bertz CT molecular complexity index is 442. The summed E-state index contributed by atoms with van der Waals surface area (Å²) in [6.45, 7) is 3.49. The maximum absolute atomic E-state index is 11.5. The number of carbonyl (C=O) groups excluding carboxylic acids is 1. The first kappa shape index (κ1) is 14.0. The molecule has 0 saturated carbocycles. The lowest BCUT2D eigenvalue weighted by molar-refractivity contribution is -0.170. The van der Waals surface area contributed by atoms with Crippen LogP contribution in [0.1, 0.15) is 25.5 Å². The molecule has 1 aliphatic rings. The molecule has 1 fully saturated rings. The van der Waals surface area contributed by atoms with E-state index in [2.05, 4.69) is 4.74 Å². The summed E-state index contributed by atoms with van der Waals surface area (Å²) >= 11 is 0. The highest BCUT2D eigenvalue weighted by Gasteiger charge is 2.47. The van der Waals surface area contributed by atoms with Gasteiger partial charge in [-0.1, -0.05) is 30.3 Å². The first-order chi connectivity index (χ1) is 8.94. The molecule has 0 bridgehead atoms. The maximum Gasteiger partial charge on any atom is 0.337 e. The van der Waals surface area contributed by atoms with Gasteiger partial charge in [-0.25, -0.2) is 4.79 Å². The monoisotopic (exact) mass is 266 g/mol. The second-order valence-corrected chi connectivity index (χ2v) is 4.90. The minimum Gasteiger partial charge on any atom is -0.467 e. The van der Waals surface area contributed by atoms with Gasteiger partial charge in [0.1, 0.15) is 12.2 Å². The summed E-state index contributed by atoms with van der Waals surface area (Å²) in [6, 6.07) is 9.35. The quantitative estimate of drug-likeness (QED) is 0.838. The molecule has 1 saturated heterocycles. The van der Waals surface area contributed by atoms with Crippen LogP contribution in [0.15, 0.2) is 30.3 Å². The van der Waals surface area contributed by atoms with Crippen molar-refractivity contribution in [2.75, 3.05) is 7.11 Å². The van der Waals surface area contributed by atoms with Gasteiger partial charge in [-0.05, 0) is 19.4 Å². The molecule has 2 rings (SSSR count). The van der Waals surface area contributed by atoms with Gasteiger partial charge in [0.05, 0.1) is 7.11 Å². The number of rotatable bonds is 3. The van der Waals surface area contributed by atoms with Crippen LogP contribution in [0.3, 0.4) is 0 Å². The minimum atomic E-state index is -1.38. The van der Waals surface area contributed by atoms with Crippen LogP contribution < -0.4 is 0 Å². The summed E-state index contributed by atoms with van der Waals surface area (Å²) in [5.74, 6) is -1.59. The minimum absolute atomic E-state index is 0.509. The van der Waals surface area contributed by atoms with Crippen molar-refractivity contribution in [3.05, 3.63) is 35.9 Å². The molecule has 0 radical (unpaired) electrons. The molecule has 104 valence electrons.